The van der Waals surface area contributed by atoms with Gasteiger partial charge in [-0.2, -0.15) is 0 Å². The lowest BCUT2D eigenvalue weighted by Gasteiger charge is -2.23. The molecule has 3 aromatic rings. The van der Waals surface area contributed by atoms with E-state index in [2.05, 4.69) is 33.8 Å². The van der Waals surface area contributed by atoms with Gasteiger partial charge in [0.2, 0.25) is 0 Å². The summed E-state index contributed by atoms with van der Waals surface area (Å²) in [5, 5.41) is 1.13. The van der Waals surface area contributed by atoms with E-state index in [1.165, 1.54) is 22.5 Å². The summed E-state index contributed by atoms with van der Waals surface area (Å²) in [4.78, 5) is 21.2. The molecule has 1 aliphatic heterocycles. The van der Waals surface area contributed by atoms with E-state index in [-0.39, 0.29) is 0 Å². The van der Waals surface area contributed by atoms with Gasteiger partial charge in [0.1, 0.15) is 16.5 Å². The molecule has 152 valence electrons. The summed E-state index contributed by atoms with van der Waals surface area (Å²) in [5.41, 5.74) is 9.08. The number of nitrogens with zero attached hydrogens (tertiary/aromatic N) is 5. The Morgan fingerprint density at radius 1 is 1.14 bits per heavy atom. The van der Waals surface area contributed by atoms with Crippen molar-refractivity contribution in [2.45, 2.75) is 39.2 Å². The number of fused-ring (bicyclic) bond motifs is 3. The fourth-order valence-corrected chi connectivity index (χ4v) is 6.04. The van der Waals surface area contributed by atoms with Crippen molar-refractivity contribution in [1.29, 1.82) is 0 Å². The standard InChI is InChI=1S/C22H28N6S/c1-15-3-4-17-18(13-15)29-22-20(17)21(23)25-19(26-22)14-27-9-2-10-28(12-11-27)16-5-7-24-8-6-16/h5-8,15H,2-4,9-14H2,1H3,(H2,23,25,26). The highest BCUT2D eigenvalue weighted by molar-refractivity contribution is 7.19. The predicted molar refractivity (Wildman–Crippen MR) is 119 cm³/mol. The molecule has 0 bridgehead atoms. The van der Waals surface area contributed by atoms with Crippen molar-refractivity contribution in [1.82, 2.24) is 19.9 Å². The fraction of sp³-hybridized carbons (Fsp3) is 0.500. The van der Waals surface area contributed by atoms with E-state index >= 15 is 0 Å². The molecule has 0 spiro atoms. The second-order valence-corrected chi connectivity index (χ2v) is 9.46. The number of nitrogen functional groups attached to an aromatic ring is 1. The van der Waals surface area contributed by atoms with Crippen LogP contribution in [0.5, 0.6) is 0 Å². The molecule has 0 saturated carbocycles. The number of pyridine rings is 1. The first-order chi connectivity index (χ1) is 14.2. The number of rotatable bonds is 3. The summed E-state index contributed by atoms with van der Waals surface area (Å²) in [6, 6.07) is 4.18. The van der Waals surface area contributed by atoms with E-state index < -0.39 is 0 Å². The summed E-state index contributed by atoms with van der Waals surface area (Å²) < 4.78 is 0. The van der Waals surface area contributed by atoms with E-state index in [1.54, 1.807) is 0 Å². The van der Waals surface area contributed by atoms with E-state index in [1.807, 2.05) is 23.7 Å². The zero-order valence-corrected chi connectivity index (χ0v) is 17.8. The Morgan fingerprint density at radius 3 is 2.86 bits per heavy atom. The number of thiophene rings is 1. The Bertz CT molecular complexity index is 1000. The lowest BCUT2D eigenvalue weighted by Crippen LogP contribution is -2.31. The number of anilines is 2. The van der Waals surface area contributed by atoms with Crippen LogP contribution in [0.1, 0.15) is 36.0 Å². The first kappa shape index (κ1) is 18.8. The fourth-order valence-electron chi connectivity index (χ4n) is 4.63. The smallest absolute Gasteiger partial charge is 0.146 e. The van der Waals surface area contributed by atoms with Crippen LogP contribution in [0.4, 0.5) is 11.5 Å². The van der Waals surface area contributed by atoms with Crippen molar-refractivity contribution in [3.63, 3.8) is 0 Å². The van der Waals surface area contributed by atoms with Gasteiger partial charge in [-0.05, 0) is 49.3 Å². The third-order valence-corrected chi connectivity index (χ3v) is 7.36. The molecule has 3 aromatic heterocycles. The molecule has 1 aliphatic carbocycles. The maximum absolute atomic E-state index is 6.42. The minimum absolute atomic E-state index is 0.672. The lowest BCUT2D eigenvalue weighted by molar-refractivity contribution is 0.279. The number of aryl methyl sites for hydroxylation is 1. The zero-order valence-electron chi connectivity index (χ0n) is 17.0. The first-order valence-corrected chi connectivity index (χ1v) is 11.4. The largest absolute Gasteiger partial charge is 0.383 e. The molecule has 1 fully saturated rings. The molecule has 0 amide bonds. The molecule has 1 saturated heterocycles. The first-order valence-electron chi connectivity index (χ1n) is 10.6. The molecule has 29 heavy (non-hydrogen) atoms. The van der Waals surface area contributed by atoms with Crippen LogP contribution in [-0.2, 0) is 19.4 Å². The minimum atomic E-state index is 0.672. The van der Waals surface area contributed by atoms with Crippen LogP contribution in [0.2, 0.25) is 0 Å². The van der Waals surface area contributed by atoms with E-state index in [4.69, 9.17) is 15.7 Å². The van der Waals surface area contributed by atoms with E-state index in [0.717, 1.165) is 73.9 Å². The Kier molecular flexibility index (Phi) is 5.09. The van der Waals surface area contributed by atoms with Crippen LogP contribution in [0.15, 0.2) is 24.5 Å². The molecule has 2 N–H and O–H groups in total. The molecular formula is C22H28N6S. The van der Waals surface area contributed by atoms with E-state index in [0.29, 0.717) is 5.82 Å². The summed E-state index contributed by atoms with van der Waals surface area (Å²) in [6.07, 6.45) is 8.37. The van der Waals surface area contributed by atoms with Gasteiger partial charge in [-0.3, -0.25) is 9.88 Å². The SMILES string of the molecule is CC1CCc2c(sc3nc(CN4CCCN(c5ccncc5)CC4)nc(N)c23)C1. The van der Waals surface area contributed by atoms with Gasteiger partial charge in [0, 0.05) is 49.1 Å². The van der Waals surface area contributed by atoms with Gasteiger partial charge >= 0.3 is 0 Å². The average molecular weight is 409 g/mol. The van der Waals surface area contributed by atoms with Crippen molar-refractivity contribution in [3.05, 3.63) is 40.8 Å². The second-order valence-electron chi connectivity index (χ2n) is 8.38. The number of nitrogens with two attached hydrogens (primary N) is 1. The maximum Gasteiger partial charge on any atom is 0.146 e. The van der Waals surface area contributed by atoms with Crippen LogP contribution >= 0.6 is 11.3 Å². The predicted octanol–water partition coefficient (Wildman–Crippen LogP) is 3.51. The van der Waals surface area contributed by atoms with Gasteiger partial charge in [-0.25, -0.2) is 9.97 Å². The van der Waals surface area contributed by atoms with Crippen molar-refractivity contribution in [3.8, 4) is 0 Å². The van der Waals surface area contributed by atoms with Crippen molar-refractivity contribution in [2.24, 2.45) is 5.92 Å². The summed E-state index contributed by atoms with van der Waals surface area (Å²) in [5.74, 6) is 2.29. The number of hydrogen-bond donors (Lipinski definition) is 1. The van der Waals surface area contributed by atoms with Crippen molar-refractivity contribution >= 4 is 33.1 Å². The van der Waals surface area contributed by atoms with Crippen molar-refractivity contribution < 1.29 is 0 Å². The molecule has 7 heteroatoms. The molecule has 0 radical (unpaired) electrons. The lowest BCUT2D eigenvalue weighted by atomic mass is 9.89. The molecule has 0 aromatic carbocycles. The molecule has 5 rings (SSSR count). The molecule has 1 unspecified atom stereocenters. The van der Waals surface area contributed by atoms with Crippen molar-refractivity contribution in [2.75, 3.05) is 36.8 Å². The molecule has 6 nitrogen and oxygen atoms in total. The molecule has 4 heterocycles. The average Bonchev–Trinajstić information content (AvgIpc) is 2.91. The zero-order chi connectivity index (χ0) is 19.8. The van der Waals surface area contributed by atoms with Crippen LogP contribution in [0, 0.1) is 5.92 Å². The van der Waals surface area contributed by atoms with Gasteiger partial charge in [-0.1, -0.05) is 6.92 Å². The Morgan fingerprint density at radius 2 is 2.00 bits per heavy atom. The Balaban J connectivity index is 1.33. The molecular weight excluding hydrogens is 380 g/mol. The summed E-state index contributed by atoms with van der Waals surface area (Å²) >= 11 is 1.83. The normalized spacial score (nSPS) is 20.6. The van der Waals surface area contributed by atoms with Crippen LogP contribution < -0.4 is 10.6 Å². The molecule has 1 atom stereocenters. The highest BCUT2D eigenvalue weighted by Gasteiger charge is 2.24. The highest BCUT2D eigenvalue weighted by Crippen LogP contribution is 2.39. The van der Waals surface area contributed by atoms with Gasteiger partial charge in [-0.15, -0.1) is 11.3 Å². The topological polar surface area (TPSA) is 71.2 Å². The third-order valence-electron chi connectivity index (χ3n) is 6.21. The van der Waals surface area contributed by atoms with Gasteiger partial charge in [0.05, 0.1) is 11.9 Å². The number of hydrogen-bond acceptors (Lipinski definition) is 7. The van der Waals surface area contributed by atoms with Crippen LogP contribution in [0.25, 0.3) is 10.2 Å². The van der Waals surface area contributed by atoms with Crippen LogP contribution in [-0.4, -0.2) is 46.0 Å². The maximum atomic E-state index is 6.42. The van der Waals surface area contributed by atoms with Gasteiger partial charge in [0.15, 0.2) is 0 Å². The van der Waals surface area contributed by atoms with Crippen LogP contribution in [0.3, 0.4) is 0 Å². The van der Waals surface area contributed by atoms with Gasteiger partial charge in [0.25, 0.3) is 0 Å². The highest BCUT2D eigenvalue weighted by atomic mass is 32.1. The Hall–Kier alpha value is -2.25. The summed E-state index contributed by atoms with van der Waals surface area (Å²) in [7, 11) is 0. The quantitative estimate of drug-likeness (QED) is 0.715. The summed E-state index contributed by atoms with van der Waals surface area (Å²) in [6.45, 7) is 7.24. The molecule has 2 aliphatic rings. The minimum Gasteiger partial charge on any atom is -0.383 e. The monoisotopic (exact) mass is 408 g/mol. The number of aromatic nitrogens is 3. The third kappa shape index (κ3) is 3.81. The van der Waals surface area contributed by atoms with E-state index in [9.17, 15) is 0 Å². The van der Waals surface area contributed by atoms with Gasteiger partial charge < -0.3 is 10.6 Å². The Labute approximate surface area is 175 Å². The second kappa shape index (κ2) is 7.88.